The Bertz CT molecular complexity index is 64.8. The van der Waals surface area contributed by atoms with E-state index in [4.69, 9.17) is 37.4 Å². The van der Waals surface area contributed by atoms with Crippen LogP contribution in [0.2, 0.25) is 0 Å². The van der Waals surface area contributed by atoms with Crippen LogP contribution >= 0.6 is 23.2 Å². The van der Waals surface area contributed by atoms with Crippen molar-refractivity contribution in [2.24, 2.45) is 0 Å². The maximum atomic E-state index is 5.24. The van der Waals surface area contributed by atoms with E-state index < -0.39 is 0 Å². The van der Waals surface area contributed by atoms with E-state index in [9.17, 15) is 0 Å². The monoisotopic (exact) mass is 202 g/mol. The standard InChI is InChI=1S/C6H12Cl2O3/c7-5-10-3-1-9-2-4-11-6-8/h1-6H2. The van der Waals surface area contributed by atoms with Crippen molar-refractivity contribution in [1.82, 2.24) is 0 Å². The highest BCUT2D eigenvalue weighted by molar-refractivity contribution is 6.17. The molecule has 0 radical (unpaired) electrons. The Morgan fingerprint density at radius 1 is 0.636 bits per heavy atom. The van der Waals surface area contributed by atoms with Gasteiger partial charge in [-0.2, -0.15) is 0 Å². The van der Waals surface area contributed by atoms with Crippen LogP contribution in [-0.4, -0.2) is 38.6 Å². The topological polar surface area (TPSA) is 27.7 Å². The summed E-state index contributed by atoms with van der Waals surface area (Å²) in [6.45, 7) is 2.12. The third-order valence-corrected chi connectivity index (χ3v) is 1.21. The van der Waals surface area contributed by atoms with Gasteiger partial charge in [-0.15, -0.1) is 0 Å². The normalized spacial score (nSPS) is 10.4. The van der Waals surface area contributed by atoms with Crippen LogP contribution in [0.5, 0.6) is 0 Å². The van der Waals surface area contributed by atoms with Crippen molar-refractivity contribution >= 4 is 23.2 Å². The van der Waals surface area contributed by atoms with E-state index in [0.717, 1.165) is 0 Å². The zero-order chi connectivity index (χ0) is 8.36. The van der Waals surface area contributed by atoms with Gasteiger partial charge in [0.05, 0.1) is 26.4 Å². The molecule has 0 fully saturated rings. The van der Waals surface area contributed by atoms with Crippen LogP contribution in [0.3, 0.4) is 0 Å². The molecule has 0 N–H and O–H groups in total. The van der Waals surface area contributed by atoms with E-state index in [-0.39, 0.29) is 12.1 Å². The van der Waals surface area contributed by atoms with Gasteiger partial charge >= 0.3 is 0 Å². The Morgan fingerprint density at radius 3 is 1.36 bits per heavy atom. The van der Waals surface area contributed by atoms with Crippen molar-refractivity contribution in [3.63, 3.8) is 0 Å². The van der Waals surface area contributed by atoms with Crippen molar-refractivity contribution in [3.8, 4) is 0 Å². The summed E-state index contributed by atoms with van der Waals surface area (Å²) in [6, 6.07) is 0.420. The summed E-state index contributed by atoms with van der Waals surface area (Å²) in [7, 11) is 0. The van der Waals surface area contributed by atoms with Gasteiger partial charge in [0.25, 0.3) is 0 Å². The molecule has 0 unspecified atom stereocenters. The van der Waals surface area contributed by atoms with E-state index >= 15 is 0 Å². The maximum Gasteiger partial charge on any atom is 0.120 e. The smallest absolute Gasteiger partial charge is 0.120 e. The van der Waals surface area contributed by atoms with Gasteiger partial charge in [-0.25, -0.2) is 0 Å². The molecule has 0 saturated heterocycles. The highest BCUT2D eigenvalue weighted by Gasteiger charge is 1.88. The number of rotatable bonds is 8. The van der Waals surface area contributed by atoms with Crippen LogP contribution in [0.15, 0.2) is 0 Å². The molecule has 0 atom stereocenters. The lowest BCUT2D eigenvalue weighted by Gasteiger charge is -2.02. The fourth-order valence-electron chi connectivity index (χ4n) is 0.447. The van der Waals surface area contributed by atoms with Crippen LogP contribution in [0.4, 0.5) is 0 Å². The maximum absolute atomic E-state index is 5.24. The highest BCUT2D eigenvalue weighted by atomic mass is 35.5. The van der Waals surface area contributed by atoms with Crippen molar-refractivity contribution in [1.29, 1.82) is 0 Å². The summed E-state index contributed by atoms with van der Waals surface area (Å²) < 4.78 is 14.7. The van der Waals surface area contributed by atoms with E-state index in [1.807, 2.05) is 0 Å². The molecule has 68 valence electrons. The molecule has 0 rings (SSSR count). The summed E-state index contributed by atoms with van der Waals surface area (Å²) in [5, 5.41) is 0. The summed E-state index contributed by atoms with van der Waals surface area (Å²) in [6.07, 6.45) is 0. The number of alkyl halides is 2. The Kier molecular flexibility index (Phi) is 10.9. The van der Waals surface area contributed by atoms with Gasteiger partial charge in [0, 0.05) is 0 Å². The Labute approximate surface area is 76.5 Å². The van der Waals surface area contributed by atoms with Gasteiger partial charge in [0.2, 0.25) is 0 Å². The molecular formula is C6H12Cl2O3. The Balaban J connectivity index is 2.69. The third-order valence-electron chi connectivity index (χ3n) is 0.898. The summed E-state index contributed by atoms with van der Waals surface area (Å²) in [5.41, 5.74) is 0. The lowest BCUT2D eigenvalue weighted by atomic mass is 10.7. The van der Waals surface area contributed by atoms with E-state index in [1.54, 1.807) is 0 Å². The molecule has 0 bridgehead atoms. The first-order valence-electron chi connectivity index (χ1n) is 3.27. The lowest BCUT2D eigenvalue weighted by Crippen LogP contribution is -2.08. The van der Waals surface area contributed by atoms with Crippen LogP contribution < -0.4 is 0 Å². The minimum absolute atomic E-state index is 0.210. The van der Waals surface area contributed by atoms with Gasteiger partial charge in [0.15, 0.2) is 0 Å². The predicted octanol–water partition coefficient (Wildman–Crippen LogP) is 1.43. The molecule has 0 heterocycles. The van der Waals surface area contributed by atoms with Gasteiger partial charge < -0.3 is 14.2 Å². The molecule has 0 amide bonds. The van der Waals surface area contributed by atoms with Gasteiger partial charge in [-0.3, -0.25) is 0 Å². The molecule has 0 aliphatic rings. The average Bonchev–Trinajstić information content (AvgIpc) is 2.03. The molecule has 0 aromatic carbocycles. The zero-order valence-electron chi connectivity index (χ0n) is 6.22. The third kappa shape index (κ3) is 10.5. The first kappa shape index (κ1) is 11.5. The average molecular weight is 203 g/mol. The number of hydrogen-bond acceptors (Lipinski definition) is 3. The zero-order valence-corrected chi connectivity index (χ0v) is 7.74. The fraction of sp³-hybridized carbons (Fsp3) is 1.00. The fourth-order valence-corrected chi connectivity index (χ4v) is 0.665. The first-order chi connectivity index (χ1) is 5.41. The van der Waals surface area contributed by atoms with Gasteiger partial charge in [-0.05, 0) is 0 Å². The SMILES string of the molecule is ClCOCCOCCOCCl. The quantitative estimate of drug-likeness (QED) is 0.441. The van der Waals surface area contributed by atoms with E-state index in [0.29, 0.717) is 26.4 Å². The number of hydrogen-bond donors (Lipinski definition) is 0. The molecule has 5 heteroatoms. The van der Waals surface area contributed by atoms with Gasteiger partial charge in [0.1, 0.15) is 12.1 Å². The minimum Gasteiger partial charge on any atom is -0.377 e. The molecular weight excluding hydrogens is 191 g/mol. The Hall–Kier alpha value is 0.460. The molecule has 0 aromatic heterocycles. The second kappa shape index (κ2) is 10.5. The van der Waals surface area contributed by atoms with Crippen molar-refractivity contribution in [2.45, 2.75) is 0 Å². The second-order valence-corrected chi connectivity index (χ2v) is 2.08. The summed E-state index contributed by atoms with van der Waals surface area (Å²) in [4.78, 5) is 0. The van der Waals surface area contributed by atoms with Gasteiger partial charge in [-0.1, -0.05) is 23.2 Å². The van der Waals surface area contributed by atoms with Crippen LogP contribution in [0, 0.1) is 0 Å². The molecule has 0 aliphatic heterocycles. The number of ether oxygens (including phenoxy) is 3. The first-order valence-corrected chi connectivity index (χ1v) is 4.34. The lowest BCUT2D eigenvalue weighted by molar-refractivity contribution is 0.0314. The highest BCUT2D eigenvalue weighted by Crippen LogP contribution is 1.83. The Morgan fingerprint density at radius 2 is 1.00 bits per heavy atom. The molecule has 11 heavy (non-hydrogen) atoms. The molecule has 0 aliphatic carbocycles. The largest absolute Gasteiger partial charge is 0.377 e. The molecule has 3 nitrogen and oxygen atoms in total. The van der Waals surface area contributed by atoms with E-state index in [1.165, 1.54) is 0 Å². The van der Waals surface area contributed by atoms with E-state index in [2.05, 4.69) is 0 Å². The van der Waals surface area contributed by atoms with Crippen molar-refractivity contribution < 1.29 is 14.2 Å². The number of halogens is 2. The second-order valence-electron chi connectivity index (χ2n) is 1.65. The van der Waals surface area contributed by atoms with Crippen molar-refractivity contribution in [2.75, 3.05) is 38.6 Å². The molecule has 0 spiro atoms. The molecule has 0 saturated carbocycles. The van der Waals surface area contributed by atoms with Crippen LogP contribution in [0.1, 0.15) is 0 Å². The predicted molar refractivity (Wildman–Crippen MR) is 44.2 cm³/mol. The molecule has 0 aromatic rings. The van der Waals surface area contributed by atoms with Crippen molar-refractivity contribution in [3.05, 3.63) is 0 Å². The van der Waals surface area contributed by atoms with Crippen LogP contribution in [0.25, 0.3) is 0 Å². The summed E-state index contributed by atoms with van der Waals surface area (Å²) >= 11 is 10.5. The minimum atomic E-state index is 0.210. The van der Waals surface area contributed by atoms with Crippen LogP contribution in [-0.2, 0) is 14.2 Å². The summed E-state index contributed by atoms with van der Waals surface area (Å²) in [5.74, 6) is 0.